The lowest BCUT2D eigenvalue weighted by Crippen LogP contribution is -2.53. The standard InChI is InChI=1S/C26H34N8O3/c1-26(2,3)37-25(35)34-16-7-8-17(34)14-18(13-16)33(5)23-12-11-21(28-30-23)20-10-9-19(24(27-20)36-6)22-15-32(4)31-29-22/h9-12,15-18H,7-8,13-14H2,1-6H3/t16-,17+,18?. The van der Waals surface area contributed by atoms with Crippen LogP contribution in [0.4, 0.5) is 10.6 Å². The zero-order valence-corrected chi connectivity index (χ0v) is 22.2. The number of hydrogen-bond acceptors (Lipinski definition) is 9. The van der Waals surface area contributed by atoms with Gasteiger partial charge >= 0.3 is 6.09 Å². The van der Waals surface area contributed by atoms with E-state index in [2.05, 4.69) is 30.4 Å². The van der Waals surface area contributed by atoms with Crippen molar-refractivity contribution in [3.63, 3.8) is 0 Å². The monoisotopic (exact) mass is 506 g/mol. The normalized spacial score (nSPS) is 21.1. The van der Waals surface area contributed by atoms with Crippen LogP contribution >= 0.6 is 0 Å². The summed E-state index contributed by atoms with van der Waals surface area (Å²) >= 11 is 0. The zero-order chi connectivity index (χ0) is 26.3. The SMILES string of the molecule is COc1nc(-c2ccc(N(C)C3C[C@H]4CC[C@@H](C3)N4C(=O)OC(C)(C)C)nn2)ccc1-c1cn(C)nn1. The molecule has 5 heterocycles. The van der Waals surface area contributed by atoms with Crippen LogP contribution in [0.25, 0.3) is 22.6 Å². The molecule has 2 bridgehead atoms. The van der Waals surface area contributed by atoms with E-state index in [0.717, 1.165) is 37.1 Å². The quantitative estimate of drug-likeness (QED) is 0.511. The van der Waals surface area contributed by atoms with Gasteiger partial charge in [0.15, 0.2) is 5.82 Å². The molecule has 5 rings (SSSR count). The minimum atomic E-state index is -0.490. The first-order chi connectivity index (χ1) is 17.6. The Morgan fingerprint density at radius 2 is 1.70 bits per heavy atom. The number of fused-ring (bicyclic) bond motifs is 2. The third-order valence-electron chi connectivity index (χ3n) is 7.07. The maximum absolute atomic E-state index is 12.8. The Labute approximate surface area is 216 Å². The second-order valence-electron chi connectivity index (χ2n) is 10.8. The summed E-state index contributed by atoms with van der Waals surface area (Å²) in [6.07, 6.45) is 5.41. The van der Waals surface area contributed by atoms with E-state index in [9.17, 15) is 4.79 Å². The van der Waals surface area contributed by atoms with Gasteiger partial charge in [-0.25, -0.2) is 9.78 Å². The first-order valence-electron chi connectivity index (χ1n) is 12.6. The van der Waals surface area contributed by atoms with E-state index < -0.39 is 5.60 Å². The molecule has 196 valence electrons. The molecule has 3 aromatic heterocycles. The van der Waals surface area contributed by atoms with Crippen LogP contribution in [-0.4, -0.2) is 79.1 Å². The largest absolute Gasteiger partial charge is 0.480 e. The predicted molar refractivity (Wildman–Crippen MR) is 138 cm³/mol. The van der Waals surface area contributed by atoms with E-state index in [-0.39, 0.29) is 24.2 Å². The molecule has 0 radical (unpaired) electrons. The highest BCUT2D eigenvalue weighted by Crippen LogP contribution is 2.39. The van der Waals surface area contributed by atoms with Gasteiger partial charge in [-0.2, -0.15) is 0 Å². The molecule has 2 aliphatic rings. The van der Waals surface area contributed by atoms with Crippen molar-refractivity contribution in [1.29, 1.82) is 0 Å². The fourth-order valence-electron chi connectivity index (χ4n) is 5.32. The minimum Gasteiger partial charge on any atom is -0.480 e. The molecular weight excluding hydrogens is 472 g/mol. The topological polar surface area (TPSA) is 111 Å². The number of pyridine rings is 1. The number of carbonyl (C=O) groups excluding carboxylic acids is 1. The third-order valence-corrected chi connectivity index (χ3v) is 7.07. The molecule has 37 heavy (non-hydrogen) atoms. The highest BCUT2D eigenvalue weighted by atomic mass is 16.6. The Bertz CT molecular complexity index is 1260. The molecule has 2 fully saturated rings. The summed E-state index contributed by atoms with van der Waals surface area (Å²) in [7, 11) is 5.44. The van der Waals surface area contributed by atoms with Gasteiger partial charge in [0.25, 0.3) is 0 Å². The molecule has 0 aliphatic carbocycles. The number of hydrogen-bond donors (Lipinski definition) is 0. The summed E-state index contributed by atoms with van der Waals surface area (Å²) in [6.45, 7) is 5.73. The maximum Gasteiger partial charge on any atom is 0.410 e. The van der Waals surface area contributed by atoms with Crippen molar-refractivity contribution >= 4 is 11.9 Å². The van der Waals surface area contributed by atoms with E-state index in [1.54, 1.807) is 11.8 Å². The molecule has 11 heteroatoms. The predicted octanol–water partition coefficient (Wildman–Crippen LogP) is 3.71. The number of amides is 1. The molecule has 3 aromatic rings. The highest BCUT2D eigenvalue weighted by Gasteiger charge is 2.46. The molecule has 2 aliphatic heterocycles. The lowest BCUT2D eigenvalue weighted by Gasteiger charge is -2.42. The van der Waals surface area contributed by atoms with Gasteiger partial charge in [-0.05, 0) is 70.7 Å². The Morgan fingerprint density at radius 3 is 2.27 bits per heavy atom. The van der Waals surface area contributed by atoms with E-state index in [1.807, 2.05) is 70.2 Å². The number of anilines is 1. The first kappa shape index (κ1) is 24.9. The highest BCUT2D eigenvalue weighted by molar-refractivity contribution is 5.70. The summed E-state index contributed by atoms with van der Waals surface area (Å²) in [5.41, 5.74) is 2.27. The van der Waals surface area contributed by atoms with Crippen molar-refractivity contribution < 1.29 is 14.3 Å². The van der Waals surface area contributed by atoms with E-state index in [0.29, 0.717) is 23.0 Å². The van der Waals surface area contributed by atoms with Gasteiger partial charge in [0, 0.05) is 32.2 Å². The number of ether oxygens (including phenoxy) is 2. The summed E-state index contributed by atoms with van der Waals surface area (Å²) < 4.78 is 12.8. The summed E-state index contributed by atoms with van der Waals surface area (Å²) in [6, 6.07) is 8.34. The van der Waals surface area contributed by atoms with E-state index in [1.165, 1.54) is 0 Å². The van der Waals surface area contributed by atoms with Gasteiger partial charge in [0.1, 0.15) is 17.0 Å². The Hall–Kier alpha value is -3.76. The van der Waals surface area contributed by atoms with Crippen LogP contribution in [0.1, 0.15) is 46.5 Å². The summed E-state index contributed by atoms with van der Waals surface area (Å²) in [4.78, 5) is 21.6. The Balaban J connectivity index is 1.28. The minimum absolute atomic E-state index is 0.192. The molecule has 3 atom stereocenters. The maximum atomic E-state index is 12.8. The number of nitrogens with zero attached hydrogens (tertiary/aromatic N) is 8. The molecule has 1 amide bonds. The van der Waals surface area contributed by atoms with Gasteiger partial charge < -0.3 is 19.3 Å². The van der Waals surface area contributed by atoms with Crippen LogP contribution in [-0.2, 0) is 11.8 Å². The van der Waals surface area contributed by atoms with Crippen LogP contribution in [0.5, 0.6) is 5.88 Å². The molecule has 0 N–H and O–H groups in total. The Kier molecular flexibility index (Phi) is 6.47. The van der Waals surface area contributed by atoms with Crippen LogP contribution in [0.3, 0.4) is 0 Å². The molecule has 11 nitrogen and oxygen atoms in total. The summed E-state index contributed by atoms with van der Waals surface area (Å²) in [5, 5.41) is 17.1. The second-order valence-corrected chi connectivity index (χ2v) is 10.8. The smallest absolute Gasteiger partial charge is 0.410 e. The van der Waals surface area contributed by atoms with Crippen molar-refractivity contribution in [1.82, 2.24) is 35.1 Å². The van der Waals surface area contributed by atoms with Crippen molar-refractivity contribution in [2.75, 3.05) is 19.1 Å². The number of aryl methyl sites for hydroxylation is 1. The lowest BCUT2D eigenvalue weighted by atomic mass is 9.96. The van der Waals surface area contributed by atoms with Crippen LogP contribution in [0.15, 0.2) is 30.5 Å². The molecule has 0 spiro atoms. The first-order valence-corrected chi connectivity index (χ1v) is 12.6. The van der Waals surface area contributed by atoms with Gasteiger partial charge in [0.2, 0.25) is 5.88 Å². The van der Waals surface area contributed by atoms with Crippen LogP contribution < -0.4 is 9.64 Å². The molecular formula is C26H34N8O3. The summed E-state index contributed by atoms with van der Waals surface area (Å²) in [5.74, 6) is 1.25. The lowest BCUT2D eigenvalue weighted by molar-refractivity contribution is 0.00597. The third kappa shape index (κ3) is 5.07. The number of piperidine rings is 1. The number of carbonyl (C=O) groups is 1. The van der Waals surface area contributed by atoms with Gasteiger partial charge in [-0.3, -0.25) is 4.68 Å². The number of methoxy groups -OCH3 is 1. The van der Waals surface area contributed by atoms with Crippen molar-refractivity contribution in [3.05, 3.63) is 30.5 Å². The van der Waals surface area contributed by atoms with Crippen molar-refractivity contribution in [3.8, 4) is 28.5 Å². The molecule has 1 unspecified atom stereocenters. The zero-order valence-electron chi connectivity index (χ0n) is 22.2. The Morgan fingerprint density at radius 1 is 1.00 bits per heavy atom. The molecule has 0 aromatic carbocycles. The average Bonchev–Trinajstić information content (AvgIpc) is 3.42. The average molecular weight is 507 g/mol. The van der Waals surface area contributed by atoms with Gasteiger partial charge in [-0.1, -0.05) is 5.21 Å². The van der Waals surface area contributed by atoms with E-state index in [4.69, 9.17) is 9.47 Å². The molecule has 2 saturated heterocycles. The fourth-order valence-corrected chi connectivity index (χ4v) is 5.32. The molecule has 0 saturated carbocycles. The second kappa shape index (κ2) is 9.60. The van der Waals surface area contributed by atoms with Crippen LogP contribution in [0.2, 0.25) is 0 Å². The van der Waals surface area contributed by atoms with Crippen molar-refractivity contribution in [2.45, 2.75) is 70.2 Å². The van der Waals surface area contributed by atoms with Gasteiger partial charge in [0.05, 0.1) is 24.6 Å². The van der Waals surface area contributed by atoms with Crippen molar-refractivity contribution in [2.24, 2.45) is 7.05 Å². The van der Waals surface area contributed by atoms with E-state index >= 15 is 0 Å². The van der Waals surface area contributed by atoms with Gasteiger partial charge in [-0.15, -0.1) is 15.3 Å². The fraction of sp³-hybridized carbons (Fsp3) is 0.538. The van der Waals surface area contributed by atoms with Crippen LogP contribution in [0, 0.1) is 0 Å². The number of rotatable bonds is 5. The number of aromatic nitrogens is 6.